The van der Waals surface area contributed by atoms with Crippen molar-refractivity contribution in [2.45, 2.75) is 19.4 Å². The maximum atomic E-state index is 13.3. The van der Waals surface area contributed by atoms with Crippen LogP contribution in [0, 0.1) is 12.7 Å². The highest BCUT2D eigenvalue weighted by molar-refractivity contribution is 6.31. The van der Waals surface area contributed by atoms with E-state index in [2.05, 4.69) is 0 Å². The number of halogens is 2. The molecule has 0 amide bonds. The standard InChI is InChI=1S/C15H14ClFO/c1-10-5-3-4-6-12(10)15(2,18)13-9-11(17)7-8-14(13)16/h3-9,18H,1-2H3. The van der Waals surface area contributed by atoms with Gasteiger partial charge in [-0.15, -0.1) is 0 Å². The van der Waals surface area contributed by atoms with Crippen LogP contribution in [0.1, 0.15) is 23.6 Å². The highest BCUT2D eigenvalue weighted by atomic mass is 35.5. The maximum absolute atomic E-state index is 13.3. The third-order valence-corrected chi connectivity index (χ3v) is 3.45. The zero-order valence-corrected chi connectivity index (χ0v) is 11.0. The van der Waals surface area contributed by atoms with E-state index < -0.39 is 11.4 Å². The summed E-state index contributed by atoms with van der Waals surface area (Å²) in [7, 11) is 0. The fourth-order valence-corrected chi connectivity index (χ4v) is 2.44. The molecule has 2 aromatic carbocycles. The van der Waals surface area contributed by atoms with Crippen molar-refractivity contribution < 1.29 is 9.50 Å². The average Bonchev–Trinajstić information content (AvgIpc) is 2.32. The van der Waals surface area contributed by atoms with E-state index in [1.807, 2.05) is 31.2 Å². The molecule has 0 aliphatic carbocycles. The van der Waals surface area contributed by atoms with Crippen LogP contribution in [0.4, 0.5) is 4.39 Å². The summed E-state index contributed by atoms with van der Waals surface area (Å²) in [5.74, 6) is -0.414. The lowest BCUT2D eigenvalue weighted by molar-refractivity contribution is 0.101. The summed E-state index contributed by atoms with van der Waals surface area (Å²) in [6.45, 7) is 3.52. The van der Waals surface area contributed by atoms with Gasteiger partial charge < -0.3 is 5.11 Å². The summed E-state index contributed by atoms with van der Waals surface area (Å²) >= 11 is 6.06. The molecule has 0 fully saturated rings. The number of hydrogen-bond donors (Lipinski definition) is 1. The van der Waals surface area contributed by atoms with Crippen molar-refractivity contribution in [2.75, 3.05) is 0 Å². The van der Waals surface area contributed by atoms with Crippen LogP contribution < -0.4 is 0 Å². The lowest BCUT2D eigenvalue weighted by Gasteiger charge is -2.27. The predicted octanol–water partition coefficient (Wildman–Crippen LogP) is 4.04. The molecule has 0 bridgehead atoms. The van der Waals surface area contributed by atoms with Crippen molar-refractivity contribution in [3.8, 4) is 0 Å². The first kappa shape index (κ1) is 13.1. The zero-order valence-electron chi connectivity index (χ0n) is 10.2. The smallest absolute Gasteiger partial charge is 0.123 e. The fourth-order valence-electron chi connectivity index (χ4n) is 2.13. The lowest BCUT2D eigenvalue weighted by Crippen LogP contribution is -2.24. The van der Waals surface area contributed by atoms with Gasteiger partial charge in [0.15, 0.2) is 0 Å². The van der Waals surface area contributed by atoms with Crippen molar-refractivity contribution in [3.63, 3.8) is 0 Å². The second-order valence-corrected chi connectivity index (χ2v) is 4.92. The quantitative estimate of drug-likeness (QED) is 0.868. The van der Waals surface area contributed by atoms with Crippen LogP contribution in [-0.4, -0.2) is 5.11 Å². The Morgan fingerprint density at radius 3 is 2.44 bits per heavy atom. The molecule has 1 unspecified atom stereocenters. The summed E-state index contributed by atoms with van der Waals surface area (Å²) in [4.78, 5) is 0. The predicted molar refractivity (Wildman–Crippen MR) is 71.3 cm³/mol. The molecule has 1 nitrogen and oxygen atoms in total. The number of benzene rings is 2. The zero-order chi connectivity index (χ0) is 13.3. The average molecular weight is 265 g/mol. The van der Waals surface area contributed by atoms with E-state index in [1.54, 1.807) is 6.92 Å². The Kier molecular flexibility index (Phi) is 3.42. The summed E-state index contributed by atoms with van der Waals surface area (Å²) in [6.07, 6.45) is 0. The van der Waals surface area contributed by atoms with Gasteiger partial charge in [-0.05, 0) is 43.2 Å². The van der Waals surface area contributed by atoms with Crippen LogP contribution in [0.3, 0.4) is 0 Å². The highest BCUT2D eigenvalue weighted by Crippen LogP contribution is 2.35. The number of rotatable bonds is 2. The lowest BCUT2D eigenvalue weighted by atomic mass is 9.85. The molecule has 0 heterocycles. The number of aliphatic hydroxyl groups is 1. The Morgan fingerprint density at radius 2 is 1.78 bits per heavy atom. The molecule has 3 heteroatoms. The van der Waals surface area contributed by atoms with Gasteiger partial charge in [0.1, 0.15) is 11.4 Å². The van der Waals surface area contributed by atoms with E-state index in [0.717, 1.165) is 11.1 Å². The minimum atomic E-state index is -1.31. The van der Waals surface area contributed by atoms with E-state index in [-0.39, 0.29) is 0 Å². The SMILES string of the molecule is Cc1ccccc1C(C)(O)c1cc(F)ccc1Cl. The van der Waals surface area contributed by atoms with Crippen molar-refractivity contribution in [1.82, 2.24) is 0 Å². The Balaban J connectivity index is 2.61. The molecular formula is C15H14ClFO. The summed E-state index contributed by atoms with van der Waals surface area (Å²) < 4.78 is 13.3. The Hall–Kier alpha value is -1.38. The van der Waals surface area contributed by atoms with Gasteiger partial charge in [0.25, 0.3) is 0 Å². The van der Waals surface area contributed by atoms with E-state index in [1.165, 1.54) is 18.2 Å². The normalized spacial score (nSPS) is 14.3. The second kappa shape index (κ2) is 4.71. The second-order valence-electron chi connectivity index (χ2n) is 4.51. The van der Waals surface area contributed by atoms with E-state index in [0.29, 0.717) is 10.6 Å². The molecule has 0 saturated carbocycles. The molecule has 0 aliphatic rings. The Morgan fingerprint density at radius 1 is 1.11 bits per heavy atom. The van der Waals surface area contributed by atoms with Crippen LogP contribution in [0.15, 0.2) is 42.5 Å². The van der Waals surface area contributed by atoms with Crippen molar-refractivity contribution >= 4 is 11.6 Å². The minimum absolute atomic E-state index is 0.352. The molecule has 1 atom stereocenters. The molecular weight excluding hydrogens is 251 g/mol. The minimum Gasteiger partial charge on any atom is -0.381 e. The first-order valence-electron chi connectivity index (χ1n) is 5.67. The largest absolute Gasteiger partial charge is 0.381 e. The number of hydrogen-bond acceptors (Lipinski definition) is 1. The first-order chi connectivity index (χ1) is 8.43. The molecule has 0 aromatic heterocycles. The Bertz CT molecular complexity index is 578. The first-order valence-corrected chi connectivity index (χ1v) is 6.04. The molecule has 18 heavy (non-hydrogen) atoms. The van der Waals surface area contributed by atoms with E-state index in [9.17, 15) is 9.50 Å². The van der Waals surface area contributed by atoms with Gasteiger partial charge in [-0.3, -0.25) is 0 Å². The molecule has 94 valence electrons. The third-order valence-electron chi connectivity index (χ3n) is 3.12. The van der Waals surface area contributed by atoms with Gasteiger partial charge in [0.05, 0.1) is 0 Å². The van der Waals surface area contributed by atoms with Crippen LogP contribution in [-0.2, 0) is 5.60 Å². The number of aryl methyl sites for hydroxylation is 1. The molecule has 0 aliphatic heterocycles. The summed E-state index contributed by atoms with van der Waals surface area (Å²) in [5, 5.41) is 11.0. The van der Waals surface area contributed by atoms with Gasteiger partial charge in [0, 0.05) is 10.6 Å². The highest BCUT2D eigenvalue weighted by Gasteiger charge is 2.29. The topological polar surface area (TPSA) is 20.2 Å². The van der Waals surface area contributed by atoms with E-state index >= 15 is 0 Å². The van der Waals surface area contributed by atoms with Gasteiger partial charge in [-0.25, -0.2) is 4.39 Å². The monoisotopic (exact) mass is 264 g/mol. The fraction of sp³-hybridized carbons (Fsp3) is 0.200. The molecule has 0 saturated heterocycles. The van der Waals surface area contributed by atoms with Crippen molar-refractivity contribution in [2.24, 2.45) is 0 Å². The van der Waals surface area contributed by atoms with Crippen molar-refractivity contribution in [1.29, 1.82) is 0 Å². The summed E-state index contributed by atoms with van der Waals surface area (Å²) in [5.41, 5.74) is 0.712. The van der Waals surface area contributed by atoms with Gasteiger partial charge in [0.2, 0.25) is 0 Å². The maximum Gasteiger partial charge on any atom is 0.123 e. The van der Waals surface area contributed by atoms with Crippen LogP contribution in [0.5, 0.6) is 0 Å². The molecule has 2 rings (SSSR count). The molecule has 0 spiro atoms. The van der Waals surface area contributed by atoms with Gasteiger partial charge in [-0.2, -0.15) is 0 Å². The van der Waals surface area contributed by atoms with Crippen LogP contribution in [0.2, 0.25) is 5.02 Å². The van der Waals surface area contributed by atoms with Crippen molar-refractivity contribution in [3.05, 3.63) is 70.0 Å². The molecule has 1 N–H and O–H groups in total. The van der Waals surface area contributed by atoms with E-state index in [4.69, 9.17) is 11.6 Å². The van der Waals surface area contributed by atoms with Crippen LogP contribution >= 0.6 is 11.6 Å². The molecule has 2 aromatic rings. The Labute approximate surface area is 111 Å². The summed E-state index contributed by atoms with van der Waals surface area (Å²) in [6, 6.07) is 11.5. The van der Waals surface area contributed by atoms with Crippen LogP contribution in [0.25, 0.3) is 0 Å². The third kappa shape index (κ3) is 2.26. The molecule has 0 radical (unpaired) electrons. The van der Waals surface area contributed by atoms with Gasteiger partial charge >= 0.3 is 0 Å². The van der Waals surface area contributed by atoms with Gasteiger partial charge in [-0.1, -0.05) is 35.9 Å².